The summed E-state index contributed by atoms with van der Waals surface area (Å²) in [4.78, 5) is 40.2. The van der Waals surface area contributed by atoms with E-state index in [-0.39, 0.29) is 53.3 Å². The number of esters is 1. The molecule has 2 aromatic carbocycles. The zero-order valence-corrected chi connectivity index (χ0v) is 24.1. The molecule has 3 atom stereocenters. The summed E-state index contributed by atoms with van der Waals surface area (Å²) in [6.07, 6.45) is 3.83. The lowest BCUT2D eigenvalue weighted by Gasteiger charge is -2.29. The van der Waals surface area contributed by atoms with Gasteiger partial charge in [-0.15, -0.1) is 11.8 Å². The fraction of sp³-hybridized carbons (Fsp3) is 0.483. The van der Waals surface area contributed by atoms with Gasteiger partial charge in [0.2, 0.25) is 5.91 Å². The van der Waals surface area contributed by atoms with Gasteiger partial charge >= 0.3 is 5.97 Å². The number of hydrogen-bond donors (Lipinski definition) is 2. The topological polar surface area (TPSA) is 122 Å². The Morgan fingerprint density at radius 2 is 1.77 bits per heavy atom. The van der Waals surface area contributed by atoms with E-state index in [1.165, 1.54) is 0 Å². The zero-order valence-electron chi connectivity index (χ0n) is 22.5. The summed E-state index contributed by atoms with van der Waals surface area (Å²) in [5.74, 6) is 0.547. The van der Waals surface area contributed by atoms with Crippen LogP contribution < -0.4 is 10.6 Å². The van der Waals surface area contributed by atoms with Gasteiger partial charge in [-0.3, -0.25) is 19.7 Å². The number of rotatable bonds is 10. The van der Waals surface area contributed by atoms with Gasteiger partial charge in [0.15, 0.2) is 9.84 Å². The largest absolute Gasteiger partial charge is 0.465 e. The molecule has 2 aromatic rings. The highest BCUT2D eigenvalue weighted by atomic mass is 32.2. The first-order chi connectivity index (χ1) is 19.2. The van der Waals surface area contributed by atoms with E-state index < -0.39 is 9.84 Å². The molecule has 2 saturated heterocycles. The first-order valence-corrected chi connectivity index (χ1v) is 16.5. The number of thioether (sulfide) groups is 1. The highest BCUT2D eigenvalue weighted by Crippen LogP contribution is 2.33. The van der Waals surface area contributed by atoms with Gasteiger partial charge in [-0.1, -0.05) is 12.1 Å². The number of carbonyl (C=O) groups excluding carboxylic acids is 3. The first-order valence-electron chi connectivity index (χ1n) is 13.8. The van der Waals surface area contributed by atoms with Crippen LogP contribution in [0.25, 0.3) is 0 Å². The van der Waals surface area contributed by atoms with E-state index in [2.05, 4.69) is 10.6 Å². The lowest BCUT2D eigenvalue weighted by atomic mass is 10.1. The van der Waals surface area contributed by atoms with Gasteiger partial charge < -0.3 is 15.0 Å². The summed E-state index contributed by atoms with van der Waals surface area (Å²) in [6.45, 7) is 2.79. The van der Waals surface area contributed by atoms with Gasteiger partial charge in [0, 0.05) is 23.5 Å². The Bertz CT molecular complexity index is 1340. The molecule has 0 bridgehead atoms. The maximum absolute atomic E-state index is 13.3. The molecule has 5 rings (SSSR count). The van der Waals surface area contributed by atoms with Crippen LogP contribution >= 0.6 is 11.8 Å². The predicted molar refractivity (Wildman–Crippen MR) is 154 cm³/mol. The van der Waals surface area contributed by atoms with E-state index >= 15 is 0 Å². The normalized spacial score (nSPS) is 22.7. The van der Waals surface area contributed by atoms with Crippen LogP contribution in [0.4, 0.5) is 5.69 Å². The number of hydrogen-bond acceptors (Lipinski definition) is 8. The smallest absolute Gasteiger partial charge is 0.324 e. The highest BCUT2D eigenvalue weighted by molar-refractivity contribution is 8.00. The van der Waals surface area contributed by atoms with Gasteiger partial charge in [-0.05, 0) is 80.5 Å². The molecule has 2 amide bonds. The molecule has 1 saturated carbocycles. The van der Waals surface area contributed by atoms with Crippen LogP contribution in [0.15, 0.2) is 53.4 Å². The number of carbonyl (C=O) groups is 3. The van der Waals surface area contributed by atoms with E-state index in [9.17, 15) is 22.8 Å². The number of likely N-dealkylation sites (tertiary alicyclic amines) is 1. The number of amides is 2. The molecule has 9 nitrogen and oxygen atoms in total. The number of nitrogens with one attached hydrogen (secondary N) is 2. The van der Waals surface area contributed by atoms with Crippen molar-refractivity contribution in [2.75, 3.05) is 30.0 Å². The van der Waals surface area contributed by atoms with Crippen LogP contribution in [0, 0.1) is 5.92 Å². The van der Waals surface area contributed by atoms with Gasteiger partial charge in [-0.25, -0.2) is 8.42 Å². The molecular weight excluding hydrogens is 550 g/mol. The van der Waals surface area contributed by atoms with Gasteiger partial charge in [-0.2, -0.15) is 0 Å². The molecule has 0 aromatic heterocycles. The van der Waals surface area contributed by atoms with Gasteiger partial charge in [0.05, 0.1) is 35.1 Å². The van der Waals surface area contributed by atoms with Crippen LogP contribution in [-0.4, -0.2) is 73.2 Å². The molecule has 0 radical (unpaired) electrons. The molecule has 3 aliphatic rings. The van der Waals surface area contributed by atoms with Crippen LogP contribution in [0.1, 0.15) is 48.5 Å². The molecule has 2 aliphatic heterocycles. The van der Waals surface area contributed by atoms with Crippen molar-refractivity contribution >= 4 is 45.1 Å². The third kappa shape index (κ3) is 6.87. The standard InChI is InChI=1S/C29H35N3O6S2/c1-2-38-29(35)24-17-39-27(31-24)25-4-3-15-32(25)28(34)21-9-11-22(12-10-21)30-26(33)16-19-7-13-23(14-8-19)40(36,37)18-20-5-6-20/h7-14,20,24-25,27,31H,2-6,15-18H2,1H3,(H,30,33). The molecule has 214 valence electrons. The molecule has 1 aliphatic carbocycles. The number of anilines is 1. The molecule has 2 heterocycles. The van der Waals surface area contributed by atoms with E-state index in [0.717, 1.165) is 31.2 Å². The van der Waals surface area contributed by atoms with Crippen LogP contribution in [-0.2, 0) is 30.6 Å². The Morgan fingerprint density at radius 1 is 1.05 bits per heavy atom. The third-order valence-electron chi connectivity index (χ3n) is 7.50. The fourth-order valence-corrected chi connectivity index (χ4v) is 8.31. The summed E-state index contributed by atoms with van der Waals surface area (Å²) >= 11 is 1.65. The van der Waals surface area contributed by atoms with Crippen LogP contribution in [0.2, 0.25) is 0 Å². The minimum absolute atomic E-state index is 0.00797. The fourth-order valence-electron chi connectivity index (χ4n) is 5.21. The Kier molecular flexibility index (Phi) is 8.82. The predicted octanol–water partition coefficient (Wildman–Crippen LogP) is 3.25. The summed E-state index contributed by atoms with van der Waals surface area (Å²) in [5.41, 5.74) is 1.84. The molecule has 3 unspecified atom stereocenters. The van der Waals surface area contributed by atoms with Crippen LogP contribution in [0.5, 0.6) is 0 Å². The third-order valence-corrected chi connectivity index (χ3v) is 10.7. The zero-order chi connectivity index (χ0) is 28.3. The number of sulfone groups is 1. The molecule has 3 fully saturated rings. The van der Waals surface area contributed by atoms with E-state index in [1.807, 2.05) is 4.90 Å². The van der Waals surface area contributed by atoms with Gasteiger partial charge in [0.1, 0.15) is 6.04 Å². The SMILES string of the molecule is CCOC(=O)C1CSC(C2CCCN2C(=O)c2ccc(NC(=O)Cc3ccc(S(=O)(=O)CC4CC4)cc3)cc2)N1. The van der Waals surface area contributed by atoms with Crippen molar-refractivity contribution in [1.82, 2.24) is 10.2 Å². The van der Waals surface area contributed by atoms with E-state index in [1.54, 1.807) is 67.2 Å². The maximum Gasteiger partial charge on any atom is 0.324 e. The van der Waals surface area contributed by atoms with Crippen molar-refractivity contribution in [3.05, 3.63) is 59.7 Å². The molecular formula is C29H35N3O6S2. The van der Waals surface area contributed by atoms with Crippen molar-refractivity contribution < 1.29 is 27.5 Å². The van der Waals surface area contributed by atoms with Crippen molar-refractivity contribution in [2.45, 2.75) is 61.4 Å². The van der Waals surface area contributed by atoms with E-state index in [0.29, 0.717) is 35.1 Å². The number of nitrogens with zero attached hydrogens (tertiary/aromatic N) is 1. The summed E-state index contributed by atoms with van der Waals surface area (Å²) in [6, 6.07) is 13.0. The van der Waals surface area contributed by atoms with Crippen molar-refractivity contribution in [3.8, 4) is 0 Å². The minimum Gasteiger partial charge on any atom is -0.465 e. The Labute approximate surface area is 239 Å². The summed E-state index contributed by atoms with van der Waals surface area (Å²) < 4.78 is 30.0. The van der Waals surface area contributed by atoms with Crippen molar-refractivity contribution in [1.29, 1.82) is 0 Å². The van der Waals surface area contributed by atoms with Crippen molar-refractivity contribution in [2.24, 2.45) is 5.92 Å². The maximum atomic E-state index is 13.3. The van der Waals surface area contributed by atoms with E-state index in [4.69, 9.17) is 4.74 Å². The average Bonchev–Trinajstić information content (AvgIpc) is 3.38. The molecule has 40 heavy (non-hydrogen) atoms. The summed E-state index contributed by atoms with van der Waals surface area (Å²) in [5, 5.41) is 6.17. The second kappa shape index (κ2) is 12.3. The summed E-state index contributed by atoms with van der Waals surface area (Å²) in [7, 11) is -3.28. The molecule has 2 N–H and O–H groups in total. The second-order valence-corrected chi connectivity index (χ2v) is 13.8. The van der Waals surface area contributed by atoms with Gasteiger partial charge in [0.25, 0.3) is 5.91 Å². The minimum atomic E-state index is -3.28. The highest BCUT2D eigenvalue weighted by Gasteiger charge is 2.41. The van der Waals surface area contributed by atoms with Crippen LogP contribution in [0.3, 0.4) is 0 Å². The Morgan fingerprint density at radius 3 is 2.45 bits per heavy atom. The average molecular weight is 586 g/mol. The molecule has 11 heteroatoms. The quantitative estimate of drug-likeness (QED) is 0.408. The molecule has 0 spiro atoms. The number of benzene rings is 2. The second-order valence-electron chi connectivity index (χ2n) is 10.6. The lowest BCUT2D eigenvalue weighted by molar-refractivity contribution is -0.144. The first kappa shape index (κ1) is 28.6. The Hall–Kier alpha value is -2.89. The monoisotopic (exact) mass is 585 g/mol. The Balaban J connectivity index is 1.14. The lowest BCUT2D eigenvalue weighted by Crippen LogP contribution is -2.48. The van der Waals surface area contributed by atoms with Crippen molar-refractivity contribution in [3.63, 3.8) is 0 Å². The number of ether oxygens (including phenoxy) is 1.